The smallest absolute Gasteiger partial charge is 0.265 e. The average molecular weight is 311 g/mol. The van der Waals surface area contributed by atoms with Crippen molar-refractivity contribution in [3.63, 3.8) is 0 Å². The molecular formula is C12H11BrN2O3. The highest BCUT2D eigenvalue weighted by Gasteiger charge is 2.03. The fourth-order valence-electron chi connectivity index (χ4n) is 1.57. The highest BCUT2D eigenvalue weighted by Crippen LogP contribution is 2.25. The second kappa shape index (κ2) is 5.22. The van der Waals surface area contributed by atoms with Crippen molar-refractivity contribution in [2.75, 3.05) is 7.11 Å². The molecule has 5 nitrogen and oxygen atoms in total. The Bertz CT molecular complexity index is 676. The van der Waals surface area contributed by atoms with E-state index in [2.05, 4.69) is 21.0 Å². The van der Waals surface area contributed by atoms with E-state index in [4.69, 9.17) is 4.74 Å². The number of hydrogen-bond donors (Lipinski definition) is 1. The summed E-state index contributed by atoms with van der Waals surface area (Å²) in [4.78, 5) is 22.7. The van der Waals surface area contributed by atoms with Gasteiger partial charge < -0.3 is 4.74 Å². The van der Waals surface area contributed by atoms with Gasteiger partial charge in [0.25, 0.3) is 11.1 Å². The molecule has 94 valence electrons. The summed E-state index contributed by atoms with van der Waals surface area (Å²) >= 11 is 3.37. The second-order valence-electron chi connectivity index (χ2n) is 3.70. The van der Waals surface area contributed by atoms with E-state index in [-0.39, 0.29) is 11.1 Å². The van der Waals surface area contributed by atoms with Crippen molar-refractivity contribution in [2.24, 2.45) is 0 Å². The van der Waals surface area contributed by atoms with Crippen molar-refractivity contribution in [3.05, 3.63) is 61.1 Å². The minimum Gasteiger partial charge on any atom is -0.496 e. The zero-order chi connectivity index (χ0) is 13.1. The molecule has 2 aromatic rings. The molecule has 0 saturated heterocycles. The predicted molar refractivity (Wildman–Crippen MR) is 71.1 cm³/mol. The van der Waals surface area contributed by atoms with E-state index in [9.17, 15) is 9.59 Å². The topological polar surface area (TPSA) is 64.1 Å². The summed E-state index contributed by atoms with van der Waals surface area (Å²) < 4.78 is 7.18. The molecule has 0 radical (unpaired) electrons. The zero-order valence-electron chi connectivity index (χ0n) is 9.64. The third kappa shape index (κ3) is 2.70. The first-order chi connectivity index (χ1) is 8.60. The lowest BCUT2D eigenvalue weighted by Gasteiger charge is -2.08. The first-order valence-corrected chi connectivity index (χ1v) is 6.02. The van der Waals surface area contributed by atoms with E-state index in [1.165, 1.54) is 16.8 Å². The molecule has 0 atom stereocenters. The summed E-state index contributed by atoms with van der Waals surface area (Å²) in [5.41, 5.74) is 0.329. The van der Waals surface area contributed by atoms with E-state index >= 15 is 0 Å². The van der Waals surface area contributed by atoms with Gasteiger partial charge in [-0.05, 0) is 33.6 Å². The molecule has 0 aliphatic rings. The summed E-state index contributed by atoms with van der Waals surface area (Å²) in [7, 11) is 1.58. The number of H-pyrrole nitrogens is 1. The van der Waals surface area contributed by atoms with Gasteiger partial charge in [0.15, 0.2) is 0 Å². The fourth-order valence-corrected chi connectivity index (χ4v) is 2.16. The maximum absolute atomic E-state index is 11.5. The molecule has 6 heteroatoms. The number of aromatic nitrogens is 2. The normalized spacial score (nSPS) is 10.3. The van der Waals surface area contributed by atoms with Gasteiger partial charge in [-0.2, -0.15) is 0 Å². The lowest BCUT2D eigenvalue weighted by molar-refractivity contribution is 0.412. The fraction of sp³-hybridized carbons (Fsp3) is 0.167. The molecule has 18 heavy (non-hydrogen) atoms. The van der Waals surface area contributed by atoms with Crippen LogP contribution >= 0.6 is 15.9 Å². The molecule has 1 aromatic carbocycles. The summed E-state index contributed by atoms with van der Waals surface area (Å²) in [6.45, 7) is 0.303. The van der Waals surface area contributed by atoms with Gasteiger partial charge in [0.05, 0.1) is 18.1 Å². The average Bonchev–Trinajstić information content (AvgIpc) is 2.34. The number of benzene rings is 1. The Morgan fingerprint density at radius 2 is 2.06 bits per heavy atom. The minimum atomic E-state index is -0.304. The zero-order valence-corrected chi connectivity index (χ0v) is 11.2. The third-order valence-electron chi connectivity index (χ3n) is 2.45. The van der Waals surface area contributed by atoms with Crippen LogP contribution in [0.5, 0.6) is 5.75 Å². The number of ether oxygens (including phenoxy) is 1. The number of hydrogen-bond acceptors (Lipinski definition) is 3. The predicted octanol–water partition coefficient (Wildman–Crippen LogP) is 1.36. The molecule has 0 unspecified atom stereocenters. The number of nitrogens with one attached hydrogen (secondary N) is 1. The number of aromatic amines is 1. The molecule has 0 saturated carbocycles. The molecule has 1 N–H and O–H groups in total. The van der Waals surface area contributed by atoms with E-state index in [0.29, 0.717) is 12.3 Å². The van der Waals surface area contributed by atoms with E-state index in [1.54, 1.807) is 13.2 Å². The van der Waals surface area contributed by atoms with Crippen LogP contribution in [0.15, 0.2) is 44.4 Å². The van der Waals surface area contributed by atoms with Gasteiger partial charge in [0.1, 0.15) is 5.75 Å². The monoisotopic (exact) mass is 310 g/mol. The number of halogens is 1. The number of methoxy groups -OCH3 is 1. The van der Waals surface area contributed by atoms with Crippen molar-refractivity contribution in [1.82, 2.24) is 9.78 Å². The van der Waals surface area contributed by atoms with Crippen molar-refractivity contribution in [2.45, 2.75) is 6.54 Å². The van der Waals surface area contributed by atoms with Crippen LogP contribution in [-0.4, -0.2) is 16.9 Å². The highest BCUT2D eigenvalue weighted by atomic mass is 79.9. The molecule has 1 aromatic heterocycles. The van der Waals surface area contributed by atoms with Crippen LogP contribution in [0.2, 0.25) is 0 Å². The Morgan fingerprint density at radius 3 is 2.72 bits per heavy atom. The van der Waals surface area contributed by atoms with Crippen LogP contribution in [0.3, 0.4) is 0 Å². The molecule has 1 heterocycles. The maximum atomic E-state index is 11.5. The SMILES string of the molecule is COc1ccc(Cn2[nH]c(=O)ccc2=O)cc1Br. The van der Waals surface area contributed by atoms with Crippen molar-refractivity contribution in [3.8, 4) is 5.75 Å². The minimum absolute atomic E-state index is 0.249. The molecule has 0 fully saturated rings. The molecular weight excluding hydrogens is 300 g/mol. The quantitative estimate of drug-likeness (QED) is 0.931. The molecule has 0 amide bonds. The van der Waals surface area contributed by atoms with Crippen LogP contribution in [0, 0.1) is 0 Å². The molecule has 0 bridgehead atoms. The summed E-state index contributed by atoms with van der Waals surface area (Å²) in [6.07, 6.45) is 0. The summed E-state index contributed by atoms with van der Waals surface area (Å²) in [5, 5.41) is 2.47. The molecule has 2 rings (SSSR count). The lowest BCUT2D eigenvalue weighted by atomic mass is 10.2. The highest BCUT2D eigenvalue weighted by molar-refractivity contribution is 9.10. The van der Waals surface area contributed by atoms with Crippen LogP contribution in [0.25, 0.3) is 0 Å². The lowest BCUT2D eigenvalue weighted by Crippen LogP contribution is -2.28. The first-order valence-electron chi connectivity index (χ1n) is 5.23. The van der Waals surface area contributed by atoms with Crippen LogP contribution in [0.4, 0.5) is 0 Å². The Labute approximate surface area is 111 Å². The standard InChI is InChI=1S/C12H11BrN2O3/c1-18-10-3-2-8(6-9(10)13)7-15-12(17)5-4-11(16)14-15/h2-6H,7H2,1H3,(H,14,16). The van der Waals surface area contributed by atoms with Crippen molar-refractivity contribution in [1.29, 1.82) is 0 Å². The van der Waals surface area contributed by atoms with Gasteiger partial charge in [-0.15, -0.1) is 0 Å². The Kier molecular flexibility index (Phi) is 3.66. The van der Waals surface area contributed by atoms with E-state index in [0.717, 1.165) is 10.0 Å². The van der Waals surface area contributed by atoms with E-state index in [1.807, 2.05) is 12.1 Å². The number of rotatable bonds is 3. The van der Waals surface area contributed by atoms with Crippen LogP contribution in [0.1, 0.15) is 5.56 Å². The molecule has 0 aliphatic heterocycles. The maximum Gasteiger partial charge on any atom is 0.265 e. The van der Waals surface area contributed by atoms with Gasteiger partial charge in [0, 0.05) is 12.1 Å². The molecule has 0 aliphatic carbocycles. The van der Waals surface area contributed by atoms with Crippen molar-refractivity contribution < 1.29 is 4.74 Å². The van der Waals surface area contributed by atoms with Crippen LogP contribution < -0.4 is 15.9 Å². The Morgan fingerprint density at radius 1 is 1.28 bits per heavy atom. The second-order valence-corrected chi connectivity index (χ2v) is 4.56. The Balaban J connectivity index is 2.34. The number of nitrogens with zero attached hydrogens (tertiary/aromatic N) is 1. The summed E-state index contributed by atoms with van der Waals surface area (Å²) in [5.74, 6) is 0.715. The Hall–Kier alpha value is -1.82. The van der Waals surface area contributed by atoms with Gasteiger partial charge in [-0.3, -0.25) is 14.7 Å². The largest absolute Gasteiger partial charge is 0.496 e. The first kappa shape index (κ1) is 12.6. The van der Waals surface area contributed by atoms with Gasteiger partial charge in [0.2, 0.25) is 0 Å². The third-order valence-corrected chi connectivity index (χ3v) is 3.07. The van der Waals surface area contributed by atoms with Gasteiger partial charge >= 0.3 is 0 Å². The van der Waals surface area contributed by atoms with Gasteiger partial charge in [-0.1, -0.05) is 6.07 Å². The molecule has 0 spiro atoms. The van der Waals surface area contributed by atoms with Crippen LogP contribution in [-0.2, 0) is 6.54 Å². The summed E-state index contributed by atoms with van der Waals surface area (Å²) in [6, 6.07) is 7.93. The van der Waals surface area contributed by atoms with Crippen molar-refractivity contribution >= 4 is 15.9 Å². The van der Waals surface area contributed by atoms with Gasteiger partial charge in [-0.25, -0.2) is 4.68 Å². The van der Waals surface area contributed by atoms with E-state index < -0.39 is 0 Å².